The maximum Gasteiger partial charge on any atom is 0.226 e. The molecule has 2 rings (SSSR count). The first kappa shape index (κ1) is 11.9. The average Bonchev–Trinajstić information content (AvgIpc) is 2.87. The van der Waals surface area contributed by atoms with Crippen molar-refractivity contribution in [1.82, 2.24) is 4.90 Å². The number of carbonyl (C=O) groups excluding carboxylic acids is 1. The maximum absolute atomic E-state index is 12.3. The van der Waals surface area contributed by atoms with Crippen LogP contribution in [0, 0.1) is 23.2 Å². The van der Waals surface area contributed by atoms with E-state index in [9.17, 15) is 4.79 Å². The Morgan fingerprint density at radius 2 is 2.00 bits per heavy atom. The lowest BCUT2D eigenvalue weighted by molar-refractivity contribution is -0.135. The summed E-state index contributed by atoms with van der Waals surface area (Å²) in [5.74, 6) is 2.18. The minimum absolute atomic E-state index is 0.280. The lowest BCUT2D eigenvalue weighted by Gasteiger charge is -2.35. The lowest BCUT2D eigenvalue weighted by Crippen LogP contribution is -2.42. The van der Waals surface area contributed by atoms with Gasteiger partial charge in [-0.1, -0.05) is 27.7 Å². The summed E-state index contributed by atoms with van der Waals surface area (Å²) >= 11 is 0. The third-order valence-corrected chi connectivity index (χ3v) is 4.52. The molecule has 2 atom stereocenters. The van der Waals surface area contributed by atoms with Crippen molar-refractivity contribution in [2.75, 3.05) is 13.1 Å². The normalized spacial score (nSPS) is 32.9. The molecule has 0 bridgehead atoms. The van der Waals surface area contributed by atoms with Crippen molar-refractivity contribution in [2.24, 2.45) is 23.2 Å². The molecule has 1 aliphatic carbocycles. The number of amides is 1. The Kier molecular flexibility index (Phi) is 3.02. The van der Waals surface area contributed by atoms with Gasteiger partial charge in [0.05, 0.1) is 0 Å². The zero-order valence-corrected chi connectivity index (χ0v) is 11.1. The molecule has 0 spiro atoms. The van der Waals surface area contributed by atoms with Gasteiger partial charge in [0, 0.05) is 19.0 Å². The smallest absolute Gasteiger partial charge is 0.226 e. The highest BCUT2D eigenvalue weighted by molar-refractivity contribution is 5.82. The van der Waals surface area contributed by atoms with Gasteiger partial charge in [-0.2, -0.15) is 0 Å². The van der Waals surface area contributed by atoms with Crippen molar-refractivity contribution in [1.29, 1.82) is 0 Å². The van der Waals surface area contributed by atoms with Gasteiger partial charge < -0.3 is 4.90 Å². The number of hydrogen-bond acceptors (Lipinski definition) is 1. The van der Waals surface area contributed by atoms with E-state index in [2.05, 4.69) is 32.6 Å². The Balaban J connectivity index is 1.92. The Morgan fingerprint density at radius 3 is 2.50 bits per heavy atom. The van der Waals surface area contributed by atoms with Gasteiger partial charge in [-0.05, 0) is 36.5 Å². The van der Waals surface area contributed by atoms with Crippen LogP contribution < -0.4 is 0 Å². The predicted octanol–water partition coefficient (Wildman–Crippen LogP) is 2.93. The fraction of sp³-hybridized carbons (Fsp3) is 0.929. The van der Waals surface area contributed by atoms with Crippen molar-refractivity contribution < 1.29 is 4.79 Å². The van der Waals surface area contributed by atoms with E-state index in [0.29, 0.717) is 17.7 Å². The van der Waals surface area contributed by atoms with Gasteiger partial charge in [0.15, 0.2) is 0 Å². The summed E-state index contributed by atoms with van der Waals surface area (Å²) in [5.41, 5.74) is 0.280. The Labute approximate surface area is 99.4 Å². The van der Waals surface area contributed by atoms with Crippen LogP contribution in [-0.2, 0) is 4.79 Å². The van der Waals surface area contributed by atoms with Gasteiger partial charge in [-0.15, -0.1) is 0 Å². The molecule has 1 saturated heterocycles. The summed E-state index contributed by atoms with van der Waals surface area (Å²) < 4.78 is 0. The molecule has 1 amide bonds. The molecule has 2 aliphatic rings. The molecule has 16 heavy (non-hydrogen) atoms. The van der Waals surface area contributed by atoms with E-state index in [1.54, 1.807) is 0 Å². The zero-order valence-electron chi connectivity index (χ0n) is 11.1. The van der Waals surface area contributed by atoms with Gasteiger partial charge in [0.25, 0.3) is 0 Å². The van der Waals surface area contributed by atoms with Crippen LogP contribution in [0.1, 0.15) is 47.0 Å². The minimum atomic E-state index is 0.280. The van der Waals surface area contributed by atoms with Crippen LogP contribution in [-0.4, -0.2) is 23.9 Å². The number of likely N-dealkylation sites (tertiary alicyclic amines) is 1. The molecule has 0 aromatic carbocycles. The van der Waals surface area contributed by atoms with E-state index in [4.69, 9.17) is 0 Å². The predicted molar refractivity (Wildman–Crippen MR) is 66.0 cm³/mol. The van der Waals surface area contributed by atoms with Gasteiger partial charge in [0.1, 0.15) is 0 Å². The molecule has 1 unspecified atom stereocenters. The van der Waals surface area contributed by atoms with Crippen molar-refractivity contribution in [3.05, 3.63) is 0 Å². The maximum atomic E-state index is 12.3. The van der Waals surface area contributed by atoms with Crippen LogP contribution in [0.4, 0.5) is 0 Å². The molecule has 1 saturated carbocycles. The van der Waals surface area contributed by atoms with E-state index < -0.39 is 0 Å². The summed E-state index contributed by atoms with van der Waals surface area (Å²) in [6.07, 6.45) is 3.59. The third-order valence-electron chi connectivity index (χ3n) is 4.52. The minimum Gasteiger partial charge on any atom is -0.342 e. The number of piperidine rings is 1. The summed E-state index contributed by atoms with van der Waals surface area (Å²) in [4.78, 5) is 14.4. The summed E-state index contributed by atoms with van der Waals surface area (Å²) in [6, 6.07) is 0. The molecule has 1 aliphatic heterocycles. The number of carbonyl (C=O) groups is 1. The molecule has 1 heterocycles. The molecule has 0 radical (unpaired) electrons. The zero-order chi connectivity index (χ0) is 11.9. The number of rotatable bonds is 2. The van der Waals surface area contributed by atoms with E-state index in [-0.39, 0.29) is 5.41 Å². The van der Waals surface area contributed by atoms with Crippen LogP contribution in [0.3, 0.4) is 0 Å². The second kappa shape index (κ2) is 4.05. The van der Waals surface area contributed by atoms with Gasteiger partial charge >= 0.3 is 0 Å². The molecular weight excluding hydrogens is 198 g/mol. The van der Waals surface area contributed by atoms with Crippen molar-refractivity contribution >= 4 is 5.91 Å². The summed E-state index contributed by atoms with van der Waals surface area (Å²) in [5, 5.41) is 0. The molecule has 0 aromatic rings. The fourth-order valence-electron chi connectivity index (χ4n) is 2.86. The first-order valence-electron chi connectivity index (χ1n) is 6.70. The first-order valence-corrected chi connectivity index (χ1v) is 6.70. The van der Waals surface area contributed by atoms with Gasteiger partial charge in [-0.3, -0.25) is 4.79 Å². The lowest BCUT2D eigenvalue weighted by atomic mass is 9.87. The fourth-order valence-corrected chi connectivity index (χ4v) is 2.86. The molecule has 0 N–H and O–H groups in total. The van der Waals surface area contributed by atoms with Crippen LogP contribution in [0.25, 0.3) is 0 Å². The molecule has 2 heteroatoms. The van der Waals surface area contributed by atoms with Crippen molar-refractivity contribution in [2.45, 2.75) is 47.0 Å². The quantitative estimate of drug-likeness (QED) is 0.705. The van der Waals surface area contributed by atoms with Crippen LogP contribution in [0.5, 0.6) is 0 Å². The standard InChI is InChI=1S/C14H25NO/c1-10(2)11-6-5-7-15(9-11)13(16)12-8-14(12,3)4/h10-12H,5-9H2,1-4H3/t11-,12?/m1/s1. The molecule has 2 nitrogen and oxygen atoms in total. The molecule has 0 aromatic heterocycles. The third kappa shape index (κ3) is 2.26. The second-order valence-corrected chi connectivity index (χ2v) is 6.68. The summed E-state index contributed by atoms with van der Waals surface area (Å²) in [6.45, 7) is 11.0. The highest BCUT2D eigenvalue weighted by atomic mass is 16.2. The monoisotopic (exact) mass is 223 g/mol. The molecular formula is C14H25NO. The average molecular weight is 223 g/mol. The largest absolute Gasteiger partial charge is 0.342 e. The van der Waals surface area contributed by atoms with Crippen LogP contribution in [0.2, 0.25) is 0 Å². The highest BCUT2D eigenvalue weighted by Gasteiger charge is 2.52. The van der Waals surface area contributed by atoms with E-state index in [1.165, 1.54) is 12.8 Å². The molecule has 2 fully saturated rings. The number of hydrogen-bond donors (Lipinski definition) is 0. The van der Waals surface area contributed by atoms with Crippen LogP contribution in [0.15, 0.2) is 0 Å². The van der Waals surface area contributed by atoms with E-state index >= 15 is 0 Å². The van der Waals surface area contributed by atoms with Gasteiger partial charge in [0.2, 0.25) is 5.91 Å². The first-order chi connectivity index (χ1) is 7.42. The van der Waals surface area contributed by atoms with Crippen molar-refractivity contribution in [3.8, 4) is 0 Å². The highest BCUT2D eigenvalue weighted by Crippen LogP contribution is 2.52. The molecule has 92 valence electrons. The second-order valence-electron chi connectivity index (χ2n) is 6.68. The van der Waals surface area contributed by atoms with E-state index in [0.717, 1.165) is 25.4 Å². The Morgan fingerprint density at radius 1 is 1.38 bits per heavy atom. The van der Waals surface area contributed by atoms with Gasteiger partial charge in [-0.25, -0.2) is 0 Å². The topological polar surface area (TPSA) is 20.3 Å². The van der Waals surface area contributed by atoms with E-state index in [1.807, 2.05) is 0 Å². The van der Waals surface area contributed by atoms with Crippen LogP contribution >= 0.6 is 0 Å². The van der Waals surface area contributed by atoms with Crippen molar-refractivity contribution in [3.63, 3.8) is 0 Å². The SMILES string of the molecule is CC(C)[C@@H]1CCCN(C(=O)C2CC2(C)C)C1. The Hall–Kier alpha value is -0.530. The Bertz CT molecular complexity index is 282. The number of nitrogens with zero attached hydrogens (tertiary/aromatic N) is 1. The summed E-state index contributed by atoms with van der Waals surface area (Å²) in [7, 11) is 0.